The summed E-state index contributed by atoms with van der Waals surface area (Å²) in [5.74, 6) is -0.194. The van der Waals surface area contributed by atoms with Gasteiger partial charge in [-0.15, -0.1) is 0 Å². The Bertz CT molecular complexity index is 3070. The molecule has 15 heteroatoms. The minimum Gasteiger partial charge on any atom is -0.745 e. The number of allylic oxidation sites excluding steroid dienone is 2. The fourth-order valence-corrected chi connectivity index (χ4v) is 8.18. The van der Waals surface area contributed by atoms with E-state index >= 15 is 0 Å². The van der Waals surface area contributed by atoms with Crippen molar-refractivity contribution in [3.63, 3.8) is 0 Å². The molecular formula is C38H29N4NaO8S2. The van der Waals surface area contributed by atoms with E-state index in [-0.39, 0.29) is 35.4 Å². The van der Waals surface area contributed by atoms with E-state index in [9.17, 15) is 25.9 Å². The van der Waals surface area contributed by atoms with Gasteiger partial charge in [-0.05, 0) is 48.6 Å². The maximum absolute atomic E-state index is 12.8. The number of hydrogen-bond acceptors (Lipinski definition) is 10. The first-order chi connectivity index (χ1) is 24.8. The van der Waals surface area contributed by atoms with E-state index in [1.165, 1.54) is 9.47 Å². The van der Waals surface area contributed by atoms with Crippen LogP contribution in [0.15, 0.2) is 122 Å². The van der Waals surface area contributed by atoms with Gasteiger partial charge in [0.15, 0.2) is 21.9 Å². The van der Waals surface area contributed by atoms with Crippen LogP contribution in [-0.4, -0.2) is 37.6 Å². The van der Waals surface area contributed by atoms with Crippen LogP contribution in [0, 0.1) is 0 Å². The molecule has 4 heterocycles. The number of fused-ring (bicyclic) bond motifs is 8. The van der Waals surface area contributed by atoms with Crippen LogP contribution in [0.4, 0.5) is 11.4 Å². The summed E-state index contributed by atoms with van der Waals surface area (Å²) in [4.78, 5) is 3.01. The molecule has 0 atom stereocenters. The average Bonchev–Trinajstić information content (AvgIpc) is 3.79. The number of aryl methyl sites for hydroxylation is 1. The number of aromatic nitrogens is 2. The zero-order chi connectivity index (χ0) is 36.7. The van der Waals surface area contributed by atoms with Gasteiger partial charge < -0.3 is 22.8 Å². The number of benzene rings is 4. The fraction of sp³-hybridized carbons (Fsp3) is 0.132. The van der Waals surface area contributed by atoms with Crippen LogP contribution in [0.2, 0.25) is 0 Å². The summed E-state index contributed by atoms with van der Waals surface area (Å²) in [6.45, 7) is 5.33. The second kappa shape index (κ2) is 13.2. The predicted octanol–water partition coefficient (Wildman–Crippen LogP) is 3.69. The molecule has 3 aromatic heterocycles. The van der Waals surface area contributed by atoms with Crippen LogP contribution in [-0.2, 0) is 33.2 Å². The molecule has 0 saturated heterocycles. The minimum atomic E-state index is -5.13. The normalized spacial score (nSPS) is 14.4. The van der Waals surface area contributed by atoms with Gasteiger partial charge in [0.2, 0.25) is 0 Å². The summed E-state index contributed by atoms with van der Waals surface area (Å²) in [6, 6.07) is 22.2. The van der Waals surface area contributed by atoms with Crippen LogP contribution in [0.3, 0.4) is 0 Å². The summed E-state index contributed by atoms with van der Waals surface area (Å²) in [7, 11) is -6.39. The van der Waals surface area contributed by atoms with Gasteiger partial charge in [-0.1, -0.05) is 49.1 Å². The van der Waals surface area contributed by atoms with Crippen molar-refractivity contribution in [1.82, 2.24) is 4.57 Å². The van der Waals surface area contributed by atoms with Crippen molar-refractivity contribution in [2.24, 2.45) is 7.05 Å². The van der Waals surface area contributed by atoms with Gasteiger partial charge in [0.05, 0.1) is 18.4 Å². The van der Waals surface area contributed by atoms with Crippen molar-refractivity contribution in [3.05, 3.63) is 119 Å². The number of anilines is 2. The molecule has 0 aliphatic carbocycles. The van der Waals surface area contributed by atoms with Crippen LogP contribution in [0.1, 0.15) is 19.2 Å². The van der Waals surface area contributed by atoms with Crippen molar-refractivity contribution in [2.75, 3.05) is 16.8 Å². The van der Waals surface area contributed by atoms with Crippen LogP contribution in [0.5, 0.6) is 0 Å². The number of furan rings is 2. The van der Waals surface area contributed by atoms with Crippen LogP contribution < -0.4 is 43.9 Å². The standard InChI is InChI=1S/C38H30N4O8S2.Na/c1-5-11-38(52(46,47)48)42-31-21-35-27(25-13-8-10-15-33(25)50-35)19-29(31)40(4)37(42)17-23(6-2)16-36-39(3)28-18-26-24-12-7-9-14-32(24)49-34(26)20-30(28)41(36)22-51(43,44)45;/h7-10,12-21H,1,6,22H2,2-4H3,(H-,43,44,45,46,47,48);/q;+1/p-1. The molecule has 0 radical (unpaired) electrons. The van der Waals surface area contributed by atoms with E-state index in [1.54, 1.807) is 47.8 Å². The van der Waals surface area contributed by atoms with Crippen LogP contribution >= 0.6 is 0 Å². The summed E-state index contributed by atoms with van der Waals surface area (Å²) in [6.07, 6.45) is 3.81. The molecule has 12 nitrogen and oxygen atoms in total. The van der Waals surface area contributed by atoms with E-state index < -0.39 is 31.1 Å². The molecule has 0 spiro atoms. The van der Waals surface area contributed by atoms with Gasteiger partial charge >= 0.3 is 29.6 Å². The summed E-state index contributed by atoms with van der Waals surface area (Å²) in [5.41, 5.74) is 9.68. The third-order valence-electron chi connectivity index (χ3n) is 9.35. The molecular weight excluding hydrogens is 728 g/mol. The molecule has 262 valence electrons. The maximum atomic E-state index is 12.8. The van der Waals surface area contributed by atoms with Gasteiger partial charge in [0.1, 0.15) is 48.4 Å². The van der Waals surface area contributed by atoms with Crippen LogP contribution in [0.25, 0.3) is 61.0 Å². The molecule has 1 aliphatic heterocycles. The zero-order valence-electron chi connectivity index (χ0n) is 29.1. The number of nitrogens with zero attached hydrogens (tertiary/aromatic N) is 4. The predicted molar refractivity (Wildman–Crippen MR) is 197 cm³/mol. The quantitative estimate of drug-likeness (QED) is 0.102. The average molecular weight is 757 g/mol. The molecule has 4 aromatic carbocycles. The van der Waals surface area contributed by atoms with Crippen molar-refractivity contribution < 1.29 is 68.9 Å². The summed E-state index contributed by atoms with van der Waals surface area (Å²) in [5, 5.41) is 2.63. The van der Waals surface area contributed by atoms with Gasteiger partial charge in [-0.2, -0.15) is 0 Å². The first kappa shape index (κ1) is 36.5. The van der Waals surface area contributed by atoms with Gasteiger partial charge in [-0.3, -0.25) is 4.90 Å². The molecule has 0 saturated carbocycles. The molecule has 0 unspecified atom stereocenters. The largest absolute Gasteiger partial charge is 1.00 e. The Labute approximate surface area is 326 Å². The molecule has 1 aliphatic rings. The molecule has 53 heavy (non-hydrogen) atoms. The Kier molecular flexibility index (Phi) is 9.11. The Morgan fingerprint density at radius 2 is 1.47 bits per heavy atom. The Balaban J connectivity index is 0.00000435. The number of rotatable bonds is 7. The molecule has 0 N–H and O–H groups in total. The zero-order valence-corrected chi connectivity index (χ0v) is 32.7. The van der Waals surface area contributed by atoms with E-state index in [4.69, 9.17) is 8.83 Å². The summed E-state index contributed by atoms with van der Waals surface area (Å²) < 4.78 is 90.5. The Hall–Kier alpha value is -4.85. The first-order valence-electron chi connectivity index (χ1n) is 16.1. The van der Waals surface area contributed by atoms with Crippen molar-refractivity contribution in [1.29, 1.82) is 0 Å². The Morgan fingerprint density at radius 3 is 2.06 bits per heavy atom. The van der Waals surface area contributed by atoms with E-state index in [1.807, 2.05) is 67.6 Å². The van der Waals surface area contributed by atoms with Crippen molar-refractivity contribution in [2.45, 2.75) is 19.2 Å². The van der Waals surface area contributed by atoms with E-state index in [2.05, 4.69) is 18.0 Å². The van der Waals surface area contributed by atoms with Crippen molar-refractivity contribution >= 4 is 92.6 Å². The molecule has 0 fully saturated rings. The SMILES string of the molecule is C=C=C=C(N1C(=CC(=Cc2n(CS(=O)(=O)[O-])c3cc4oc5ccccc5c4cc3[n+]2C)CC)N(C)c2cc3c(cc21)oc1ccccc13)S(=O)(=O)[O-].[Na+]. The monoisotopic (exact) mass is 756 g/mol. The van der Waals surface area contributed by atoms with E-state index in [0.29, 0.717) is 62.6 Å². The molecule has 8 rings (SSSR count). The molecule has 7 aromatic rings. The number of hydrogen-bond donors (Lipinski definition) is 0. The number of imidazole rings is 1. The van der Waals surface area contributed by atoms with Gasteiger partial charge in [0.25, 0.3) is 5.82 Å². The fourth-order valence-electron chi connectivity index (χ4n) is 6.98. The van der Waals surface area contributed by atoms with Gasteiger partial charge in [0, 0.05) is 52.9 Å². The molecule has 0 bridgehead atoms. The Morgan fingerprint density at radius 1 is 0.868 bits per heavy atom. The first-order valence-corrected chi connectivity index (χ1v) is 19.1. The smallest absolute Gasteiger partial charge is 0.745 e. The number of para-hydroxylation sites is 2. The maximum Gasteiger partial charge on any atom is 1.00 e. The second-order valence-corrected chi connectivity index (χ2v) is 15.1. The summed E-state index contributed by atoms with van der Waals surface area (Å²) >= 11 is 0. The molecule has 0 amide bonds. The minimum absolute atomic E-state index is 0. The third-order valence-corrected chi connectivity index (χ3v) is 10.7. The third kappa shape index (κ3) is 6.14. The van der Waals surface area contributed by atoms with Crippen molar-refractivity contribution in [3.8, 4) is 0 Å². The van der Waals surface area contributed by atoms with Gasteiger partial charge in [-0.25, -0.2) is 26.0 Å². The topological polar surface area (TPSA) is 156 Å². The van der Waals surface area contributed by atoms with E-state index in [0.717, 1.165) is 21.5 Å². The second-order valence-electron chi connectivity index (χ2n) is 12.4.